The summed E-state index contributed by atoms with van der Waals surface area (Å²) in [7, 11) is 0. The average molecular weight is 246 g/mol. The summed E-state index contributed by atoms with van der Waals surface area (Å²) in [5, 5.41) is 9.33. The third kappa shape index (κ3) is 1.67. The molecule has 0 saturated carbocycles. The predicted molar refractivity (Wildman–Crippen MR) is 69.5 cm³/mol. The van der Waals surface area contributed by atoms with Crippen LogP contribution in [0, 0.1) is 5.92 Å². The van der Waals surface area contributed by atoms with Crippen LogP contribution < -0.4 is 5.56 Å². The zero-order valence-electron chi connectivity index (χ0n) is 10.6. The van der Waals surface area contributed by atoms with Crippen LogP contribution in [-0.4, -0.2) is 14.7 Å². The van der Waals surface area contributed by atoms with Crippen LogP contribution >= 0.6 is 0 Å². The summed E-state index contributed by atoms with van der Waals surface area (Å²) >= 11 is 0. The Balaban J connectivity index is 2.23. The van der Waals surface area contributed by atoms with E-state index in [4.69, 9.17) is 0 Å². The van der Waals surface area contributed by atoms with E-state index in [-0.39, 0.29) is 5.56 Å². The minimum atomic E-state index is 0.112. The van der Waals surface area contributed by atoms with E-state index in [0.717, 1.165) is 55.2 Å². The zero-order valence-corrected chi connectivity index (χ0v) is 10.6. The van der Waals surface area contributed by atoms with Crippen molar-refractivity contribution in [3.8, 4) is 0 Å². The number of aliphatic hydroxyl groups excluding tert-OH is 1. The van der Waals surface area contributed by atoms with Gasteiger partial charge in [0, 0.05) is 17.7 Å². The Morgan fingerprint density at radius 3 is 2.94 bits per heavy atom. The zero-order chi connectivity index (χ0) is 12.7. The lowest BCUT2D eigenvalue weighted by molar-refractivity contribution is 0.423. The van der Waals surface area contributed by atoms with Crippen LogP contribution in [0.25, 0.3) is 5.57 Å². The van der Waals surface area contributed by atoms with Gasteiger partial charge in [-0.05, 0) is 38.0 Å². The number of aromatic nitrogens is 2. The first-order valence-electron chi connectivity index (χ1n) is 6.67. The molecular weight excluding hydrogens is 228 g/mol. The number of hydrogen-bond donors (Lipinski definition) is 1. The molecule has 1 aliphatic carbocycles. The van der Waals surface area contributed by atoms with Crippen LogP contribution in [0.5, 0.6) is 0 Å². The van der Waals surface area contributed by atoms with Gasteiger partial charge >= 0.3 is 0 Å². The number of aryl methyl sites for hydroxylation is 1. The molecule has 0 radical (unpaired) electrons. The number of aliphatic hydroxyl groups is 1. The second kappa shape index (κ2) is 4.26. The molecule has 2 aliphatic rings. The van der Waals surface area contributed by atoms with Gasteiger partial charge in [-0.15, -0.1) is 0 Å². The van der Waals surface area contributed by atoms with Crippen LogP contribution in [0.15, 0.2) is 11.1 Å². The first-order valence-corrected chi connectivity index (χ1v) is 6.67. The Hall–Kier alpha value is -1.58. The molecule has 1 aromatic heterocycles. The minimum Gasteiger partial charge on any atom is -0.515 e. The van der Waals surface area contributed by atoms with E-state index in [1.165, 1.54) is 0 Å². The van der Waals surface area contributed by atoms with Gasteiger partial charge in [0.2, 0.25) is 0 Å². The Morgan fingerprint density at radius 1 is 1.39 bits per heavy atom. The van der Waals surface area contributed by atoms with E-state index in [0.29, 0.717) is 18.3 Å². The Bertz CT molecular complexity index is 572. The molecule has 1 unspecified atom stereocenters. The number of hydrogen-bond acceptors (Lipinski definition) is 3. The highest BCUT2D eigenvalue weighted by Crippen LogP contribution is 2.28. The molecule has 1 aromatic rings. The van der Waals surface area contributed by atoms with Gasteiger partial charge in [-0.3, -0.25) is 9.36 Å². The summed E-state index contributed by atoms with van der Waals surface area (Å²) in [6, 6.07) is 0. The summed E-state index contributed by atoms with van der Waals surface area (Å²) in [4.78, 5) is 17.1. The highest BCUT2D eigenvalue weighted by atomic mass is 16.2. The fourth-order valence-electron chi connectivity index (χ4n) is 3.06. The smallest absolute Gasteiger partial charge is 0.257 e. The maximum Gasteiger partial charge on any atom is 0.257 e. The number of rotatable bonds is 0. The largest absolute Gasteiger partial charge is 0.515 e. The molecule has 96 valence electrons. The summed E-state index contributed by atoms with van der Waals surface area (Å²) in [5.74, 6) is 1.05. The Kier molecular flexibility index (Phi) is 2.73. The fraction of sp³-hybridized carbons (Fsp3) is 0.571. The molecule has 1 aliphatic heterocycles. The van der Waals surface area contributed by atoms with Gasteiger partial charge in [-0.2, -0.15) is 0 Å². The molecule has 0 bridgehead atoms. The van der Waals surface area contributed by atoms with Crippen molar-refractivity contribution in [2.24, 2.45) is 5.92 Å². The molecule has 1 N–H and O–H groups in total. The number of nitrogens with zero attached hydrogens (tertiary/aromatic N) is 2. The maximum absolute atomic E-state index is 12.5. The summed E-state index contributed by atoms with van der Waals surface area (Å²) < 4.78 is 1.75. The summed E-state index contributed by atoms with van der Waals surface area (Å²) in [5.41, 5.74) is 2.75. The van der Waals surface area contributed by atoms with E-state index in [1.54, 1.807) is 4.57 Å². The highest BCUT2D eigenvalue weighted by Gasteiger charge is 2.26. The first-order chi connectivity index (χ1) is 8.70. The quantitative estimate of drug-likeness (QED) is 0.713. The monoisotopic (exact) mass is 246 g/mol. The van der Waals surface area contributed by atoms with Crippen molar-refractivity contribution in [2.45, 2.75) is 45.6 Å². The standard InChI is InChI=1S/C14H18N2O2/c1-9-6-10(8-17)13-15-12-5-3-2-4-11(12)14(18)16(13)7-9/h8-9,17H,2-7H2,1H3/b10-8-. The molecule has 2 heterocycles. The topological polar surface area (TPSA) is 55.1 Å². The van der Waals surface area contributed by atoms with Crippen molar-refractivity contribution >= 4 is 5.57 Å². The van der Waals surface area contributed by atoms with Crippen LogP contribution in [0.4, 0.5) is 0 Å². The van der Waals surface area contributed by atoms with Crippen LogP contribution in [0.2, 0.25) is 0 Å². The van der Waals surface area contributed by atoms with Crippen molar-refractivity contribution in [2.75, 3.05) is 0 Å². The van der Waals surface area contributed by atoms with Crippen LogP contribution in [-0.2, 0) is 19.4 Å². The lowest BCUT2D eigenvalue weighted by Gasteiger charge is -2.27. The lowest BCUT2D eigenvalue weighted by Crippen LogP contribution is -2.35. The first kappa shape index (κ1) is 11.5. The molecule has 4 nitrogen and oxygen atoms in total. The Morgan fingerprint density at radius 2 is 2.17 bits per heavy atom. The van der Waals surface area contributed by atoms with E-state index >= 15 is 0 Å². The van der Waals surface area contributed by atoms with Crippen LogP contribution in [0.1, 0.15) is 43.3 Å². The molecule has 1 atom stereocenters. The van der Waals surface area contributed by atoms with Crippen molar-refractivity contribution in [1.82, 2.24) is 9.55 Å². The summed E-state index contributed by atoms with van der Waals surface area (Å²) in [6.45, 7) is 2.81. The number of fused-ring (bicyclic) bond motifs is 2. The molecule has 0 fully saturated rings. The van der Waals surface area contributed by atoms with Gasteiger partial charge in [0.1, 0.15) is 5.82 Å². The van der Waals surface area contributed by atoms with Crippen molar-refractivity contribution in [3.63, 3.8) is 0 Å². The van der Waals surface area contributed by atoms with Crippen molar-refractivity contribution in [1.29, 1.82) is 0 Å². The van der Waals surface area contributed by atoms with Gasteiger partial charge in [-0.1, -0.05) is 6.92 Å². The van der Waals surface area contributed by atoms with E-state index in [9.17, 15) is 9.90 Å². The normalized spacial score (nSPS) is 24.7. The van der Waals surface area contributed by atoms with E-state index < -0.39 is 0 Å². The maximum atomic E-state index is 12.5. The predicted octanol–water partition coefficient (Wildman–Crippen LogP) is 2.06. The fourth-order valence-corrected chi connectivity index (χ4v) is 3.06. The summed E-state index contributed by atoms with van der Waals surface area (Å²) in [6.07, 6.45) is 5.85. The van der Waals surface area contributed by atoms with Gasteiger partial charge in [0.25, 0.3) is 5.56 Å². The SMILES string of the molecule is CC1C/C(=C/O)c2nc3c(c(=O)n2C1)CCCC3. The third-order valence-corrected chi connectivity index (χ3v) is 3.94. The molecular formula is C14H18N2O2. The molecule has 0 amide bonds. The van der Waals surface area contributed by atoms with E-state index in [2.05, 4.69) is 11.9 Å². The minimum absolute atomic E-state index is 0.112. The molecule has 0 saturated heterocycles. The van der Waals surface area contributed by atoms with Gasteiger partial charge in [-0.25, -0.2) is 4.98 Å². The van der Waals surface area contributed by atoms with Gasteiger partial charge in [0.05, 0.1) is 12.0 Å². The third-order valence-electron chi connectivity index (χ3n) is 3.94. The van der Waals surface area contributed by atoms with E-state index in [1.807, 2.05) is 0 Å². The van der Waals surface area contributed by atoms with Gasteiger partial charge in [0.15, 0.2) is 0 Å². The molecule has 3 rings (SSSR count). The van der Waals surface area contributed by atoms with Gasteiger partial charge < -0.3 is 5.11 Å². The van der Waals surface area contributed by atoms with Crippen LogP contribution in [0.3, 0.4) is 0 Å². The highest BCUT2D eigenvalue weighted by molar-refractivity contribution is 5.60. The second-order valence-corrected chi connectivity index (χ2v) is 5.45. The molecule has 0 aromatic carbocycles. The van der Waals surface area contributed by atoms with Crippen molar-refractivity contribution in [3.05, 3.63) is 33.7 Å². The lowest BCUT2D eigenvalue weighted by atomic mass is 9.93. The Labute approximate surface area is 106 Å². The molecule has 0 spiro atoms. The van der Waals surface area contributed by atoms with Crippen molar-refractivity contribution < 1.29 is 5.11 Å². The molecule has 4 heteroatoms. The molecule has 18 heavy (non-hydrogen) atoms. The number of allylic oxidation sites excluding steroid dienone is 1. The average Bonchev–Trinajstić information content (AvgIpc) is 2.39. The second-order valence-electron chi connectivity index (χ2n) is 5.45.